The topological polar surface area (TPSA) is 97.0 Å². The number of rotatable bonds is 9. The predicted molar refractivity (Wildman–Crippen MR) is 145 cm³/mol. The Morgan fingerprint density at radius 1 is 1.03 bits per heavy atom. The molecule has 0 unspecified atom stereocenters. The SMILES string of the molecule is COc1cccc(C(=O)Nc2ccc([C@@H]3OC(=O)N(Cc4ccc(C)cc4)[C@H]3C(=O)NCC(C)C)cc2)c1. The van der Waals surface area contributed by atoms with Gasteiger partial charge in [-0.2, -0.15) is 0 Å². The molecule has 3 aromatic carbocycles. The van der Waals surface area contributed by atoms with Crippen molar-refractivity contribution in [3.05, 3.63) is 95.1 Å². The minimum Gasteiger partial charge on any atom is -0.497 e. The van der Waals surface area contributed by atoms with E-state index in [4.69, 9.17) is 9.47 Å². The second-order valence-electron chi connectivity index (χ2n) is 9.81. The van der Waals surface area contributed by atoms with E-state index in [0.717, 1.165) is 11.1 Å². The Kier molecular flexibility index (Phi) is 8.31. The van der Waals surface area contributed by atoms with Crippen LogP contribution in [0, 0.1) is 12.8 Å². The average Bonchev–Trinajstić information content (AvgIpc) is 3.24. The van der Waals surface area contributed by atoms with Gasteiger partial charge in [0.15, 0.2) is 12.1 Å². The molecule has 1 aliphatic heterocycles. The number of aryl methyl sites for hydroxylation is 1. The number of carbonyl (C=O) groups is 3. The van der Waals surface area contributed by atoms with Crippen LogP contribution >= 0.6 is 0 Å². The third-order valence-electron chi connectivity index (χ3n) is 6.34. The minimum absolute atomic E-state index is 0.254. The van der Waals surface area contributed by atoms with Gasteiger partial charge in [0.05, 0.1) is 13.7 Å². The Labute approximate surface area is 222 Å². The van der Waals surface area contributed by atoms with Crippen molar-refractivity contribution in [1.29, 1.82) is 0 Å². The van der Waals surface area contributed by atoms with E-state index >= 15 is 0 Å². The highest BCUT2D eigenvalue weighted by Gasteiger charge is 2.46. The number of hydrogen-bond acceptors (Lipinski definition) is 5. The first-order chi connectivity index (χ1) is 18.2. The van der Waals surface area contributed by atoms with Crippen LogP contribution in [0.5, 0.6) is 5.75 Å². The summed E-state index contributed by atoms with van der Waals surface area (Å²) in [6.07, 6.45) is -1.33. The molecule has 0 bridgehead atoms. The maximum absolute atomic E-state index is 13.3. The van der Waals surface area contributed by atoms with Crippen molar-refractivity contribution in [2.45, 2.75) is 39.5 Å². The van der Waals surface area contributed by atoms with E-state index < -0.39 is 18.2 Å². The Hall–Kier alpha value is -4.33. The third kappa shape index (κ3) is 6.32. The molecule has 1 saturated heterocycles. The molecule has 1 heterocycles. The molecule has 0 saturated carbocycles. The summed E-state index contributed by atoms with van der Waals surface area (Å²) in [6, 6.07) is 20.9. The predicted octanol–water partition coefficient (Wildman–Crippen LogP) is 5.09. The standard InChI is InChI=1S/C30H33N3O5/c1-19(2)17-31-29(35)26-27(38-30(36)33(26)18-21-10-8-20(3)9-11-21)22-12-14-24(15-13-22)32-28(34)23-6-5-7-25(16-23)37-4/h5-16,19,26-27H,17-18H2,1-4H3,(H,31,35)(H,32,34)/t26-,27+/m1/s1. The van der Waals surface area contributed by atoms with Crippen LogP contribution in [0.25, 0.3) is 0 Å². The monoisotopic (exact) mass is 515 g/mol. The molecule has 0 spiro atoms. The lowest BCUT2D eigenvalue weighted by Gasteiger charge is -2.24. The van der Waals surface area contributed by atoms with Crippen molar-refractivity contribution in [3.63, 3.8) is 0 Å². The number of ether oxygens (including phenoxy) is 2. The van der Waals surface area contributed by atoms with Gasteiger partial charge in [-0.3, -0.25) is 14.5 Å². The van der Waals surface area contributed by atoms with Gasteiger partial charge < -0.3 is 20.1 Å². The number of hydrogen-bond donors (Lipinski definition) is 2. The van der Waals surface area contributed by atoms with E-state index in [2.05, 4.69) is 10.6 Å². The number of methoxy groups -OCH3 is 1. The van der Waals surface area contributed by atoms with Crippen molar-refractivity contribution in [2.75, 3.05) is 19.0 Å². The van der Waals surface area contributed by atoms with Crippen LogP contribution < -0.4 is 15.4 Å². The molecule has 8 heteroatoms. The molecule has 0 aromatic heterocycles. The van der Waals surface area contributed by atoms with Crippen LogP contribution in [-0.2, 0) is 16.1 Å². The van der Waals surface area contributed by atoms with E-state index in [1.54, 1.807) is 55.6 Å². The third-order valence-corrected chi connectivity index (χ3v) is 6.34. The lowest BCUT2D eigenvalue weighted by Crippen LogP contribution is -2.47. The number of carbonyl (C=O) groups excluding carboxylic acids is 3. The normalized spacial score (nSPS) is 16.8. The molecule has 1 fully saturated rings. The molecule has 0 radical (unpaired) electrons. The summed E-state index contributed by atoms with van der Waals surface area (Å²) in [5.74, 6) is 0.303. The molecule has 3 aromatic rings. The van der Waals surface area contributed by atoms with Gasteiger partial charge in [0.25, 0.3) is 5.91 Å². The summed E-state index contributed by atoms with van der Waals surface area (Å²) in [5, 5.41) is 5.81. The summed E-state index contributed by atoms with van der Waals surface area (Å²) in [4.78, 5) is 40.4. The van der Waals surface area contributed by atoms with Crippen LogP contribution in [0.15, 0.2) is 72.8 Å². The van der Waals surface area contributed by atoms with Gasteiger partial charge in [0.1, 0.15) is 5.75 Å². The van der Waals surface area contributed by atoms with E-state index in [9.17, 15) is 14.4 Å². The van der Waals surface area contributed by atoms with Crippen LogP contribution in [0.2, 0.25) is 0 Å². The molecule has 38 heavy (non-hydrogen) atoms. The van der Waals surface area contributed by atoms with Crippen molar-refractivity contribution >= 4 is 23.6 Å². The number of nitrogens with one attached hydrogen (secondary N) is 2. The number of cyclic esters (lactones) is 1. The highest BCUT2D eigenvalue weighted by atomic mass is 16.6. The first-order valence-electron chi connectivity index (χ1n) is 12.6. The summed E-state index contributed by atoms with van der Waals surface area (Å²) in [7, 11) is 1.55. The van der Waals surface area contributed by atoms with Gasteiger partial charge in [-0.15, -0.1) is 0 Å². The zero-order valence-corrected chi connectivity index (χ0v) is 22.1. The van der Waals surface area contributed by atoms with Crippen LogP contribution in [-0.4, -0.2) is 42.5 Å². The van der Waals surface area contributed by atoms with E-state index in [0.29, 0.717) is 29.1 Å². The Morgan fingerprint density at radius 2 is 1.74 bits per heavy atom. The van der Waals surface area contributed by atoms with E-state index in [1.807, 2.05) is 45.0 Å². The number of anilines is 1. The minimum atomic E-state index is -0.834. The second-order valence-corrected chi connectivity index (χ2v) is 9.81. The maximum Gasteiger partial charge on any atom is 0.411 e. The molecule has 2 N–H and O–H groups in total. The molecule has 1 aliphatic rings. The van der Waals surface area contributed by atoms with Gasteiger partial charge in [0, 0.05) is 17.8 Å². The van der Waals surface area contributed by atoms with Crippen molar-refractivity contribution in [1.82, 2.24) is 10.2 Å². The molecular weight excluding hydrogens is 482 g/mol. The number of nitrogens with zero attached hydrogens (tertiary/aromatic N) is 1. The highest BCUT2D eigenvalue weighted by molar-refractivity contribution is 6.04. The molecule has 3 amide bonds. The van der Waals surface area contributed by atoms with E-state index in [-0.39, 0.29) is 24.3 Å². The maximum atomic E-state index is 13.3. The summed E-state index contributed by atoms with van der Waals surface area (Å²) in [6.45, 7) is 6.76. The Bertz CT molecular complexity index is 1290. The highest BCUT2D eigenvalue weighted by Crippen LogP contribution is 2.34. The molecular formula is C30H33N3O5. The van der Waals surface area contributed by atoms with Crippen LogP contribution in [0.1, 0.15) is 47.0 Å². The largest absolute Gasteiger partial charge is 0.497 e. The molecule has 4 rings (SSSR count). The molecule has 8 nitrogen and oxygen atoms in total. The fourth-order valence-electron chi connectivity index (χ4n) is 4.23. The smallest absolute Gasteiger partial charge is 0.411 e. The van der Waals surface area contributed by atoms with E-state index in [1.165, 1.54) is 4.90 Å². The van der Waals surface area contributed by atoms with Crippen molar-refractivity contribution < 1.29 is 23.9 Å². The summed E-state index contributed by atoms with van der Waals surface area (Å²) < 4.78 is 10.9. The van der Waals surface area contributed by atoms with Crippen molar-refractivity contribution in [3.8, 4) is 5.75 Å². The number of amides is 3. The second kappa shape index (κ2) is 11.8. The van der Waals surface area contributed by atoms with Gasteiger partial charge in [-0.1, -0.05) is 61.9 Å². The summed E-state index contributed by atoms with van der Waals surface area (Å²) in [5.41, 5.74) is 3.72. The number of benzene rings is 3. The molecule has 198 valence electrons. The fraction of sp³-hybridized carbons (Fsp3) is 0.300. The Balaban J connectivity index is 1.54. The first kappa shape index (κ1) is 26.7. The molecule has 2 atom stereocenters. The first-order valence-corrected chi connectivity index (χ1v) is 12.6. The fourth-order valence-corrected chi connectivity index (χ4v) is 4.23. The van der Waals surface area contributed by atoms with Gasteiger partial charge in [-0.05, 0) is 54.3 Å². The van der Waals surface area contributed by atoms with Crippen LogP contribution in [0.3, 0.4) is 0 Å². The average molecular weight is 516 g/mol. The van der Waals surface area contributed by atoms with Crippen LogP contribution in [0.4, 0.5) is 10.5 Å². The quantitative estimate of drug-likeness (QED) is 0.414. The zero-order chi connectivity index (χ0) is 27.2. The Morgan fingerprint density at radius 3 is 2.39 bits per heavy atom. The zero-order valence-electron chi connectivity index (χ0n) is 22.1. The van der Waals surface area contributed by atoms with Gasteiger partial charge in [-0.25, -0.2) is 4.79 Å². The lowest BCUT2D eigenvalue weighted by molar-refractivity contribution is -0.126. The van der Waals surface area contributed by atoms with Gasteiger partial charge >= 0.3 is 6.09 Å². The van der Waals surface area contributed by atoms with Crippen molar-refractivity contribution in [2.24, 2.45) is 5.92 Å². The van der Waals surface area contributed by atoms with Gasteiger partial charge in [0.2, 0.25) is 5.91 Å². The molecule has 0 aliphatic carbocycles. The lowest BCUT2D eigenvalue weighted by atomic mass is 10.00. The summed E-state index contributed by atoms with van der Waals surface area (Å²) >= 11 is 0.